The van der Waals surface area contributed by atoms with Crippen LogP contribution in [0.3, 0.4) is 0 Å². The zero-order valence-electron chi connectivity index (χ0n) is 19.5. The second kappa shape index (κ2) is 11.7. The number of benzene rings is 3. The maximum Gasteiger partial charge on any atom is 0.264 e. The summed E-state index contributed by atoms with van der Waals surface area (Å²) in [5.41, 5.74) is 0.152. The Morgan fingerprint density at radius 2 is 1.64 bits per heavy atom. The van der Waals surface area contributed by atoms with Crippen LogP contribution in [-0.4, -0.2) is 44.8 Å². The lowest BCUT2D eigenvalue weighted by Gasteiger charge is -2.32. The number of hydrogen-bond acceptors (Lipinski definition) is 4. The highest BCUT2D eigenvalue weighted by Crippen LogP contribution is 2.33. The van der Waals surface area contributed by atoms with Gasteiger partial charge in [-0.05, 0) is 43.3 Å². The van der Waals surface area contributed by atoms with Crippen molar-refractivity contribution in [3.05, 3.63) is 94.2 Å². The second-order valence-electron chi connectivity index (χ2n) is 7.82. The smallest absolute Gasteiger partial charge is 0.264 e. The summed E-state index contributed by atoms with van der Waals surface area (Å²) < 4.78 is 42.5. The molecule has 0 heterocycles. The molecule has 0 aliphatic carbocycles. The van der Waals surface area contributed by atoms with Crippen molar-refractivity contribution in [1.29, 1.82) is 0 Å². The number of nitrogens with zero attached hydrogens (tertiary/aromatic N) is 2. The second-order valence-corrected chi connectivity index (χ2v) is 10.5. The minimum absolute atomic E-state index is 0.0141. The van der Waals surface area contributed by atoms with Crippen molar-refractivity contribution in [3.8, 4) is 0 Å². The highest BCUT2D eigenvalue weighted by molar-refractivity contribution is 7.92. The molecule has 0 aliphatic heterocycles. The third-order valence-electron chi connectivity index (χ3n) is 5.50. The van der Waals surface area contributed by atoms with Crippen molar-refractivity contribution in [2.75, 3.05) is 17.9 Å². The number of likely N-dealkylation sites (N-methyl/N-ethyl adjacent to an activating group) is 1. The van der Waals surface area contributed by atoms with Gasteiger partial charge in [-0.15, -0.1) is 0 Å². The van der Waals surface area contributed by atoms with E-state index in [4.69, 9.17) is 23.2 Å². The highest BCUT2D eigenvalue weighted by atomic mass is 35.5. The molecule has 0 bridgehead atoms. The molecule has 0 saturated carbocycles. The molecule has 0 aliphatic rings. The van der Waals surface area contributed by atoms with Crippen LogP contribution < -0.4 is 9.62 Å². The van der Waals surface area contributed by atoms with Crippen LogP contribution in [0.25, 0.3) is 0 Å². The first-order valence-electron chi connectivity index (χ1n) is 10.8. The molecule has 36 heavy (non-hydrogen) atoms. The SMILES string of the molecule is CNC(=O)C(C)N(Cc1ccccc1F)C(=O)CN(c1cc(Cl)ccc1Cl)S(=O)(=O)c1ccccc1. The molecule has 11 heteroatoms. The van der Waals surface area contributed by atoms with Crippen molar-refractivity contribution in [2.24, 2.45) is 0 Å². The Bertz CT molecular complexity index is 1360. The standard InChI is InChI=1S/C25H24Cl2FN3O4S/c1-17(25(33)29-2)30(15-18-8-6-7-11-22(18)28)24(32)16-31(23-14-19(26)12-13-21(23)27)36(34,35)20-9-4-3-5-10-20/h3-14,17H,15-16H2,1-2H3,(H,29,33). The van der Waals surface area contributed by atoms with E-state index < -0.39 is 40.2 Å². The first-order chi connectivity index (χ1) is 17.1. The summed E-state index contributed by atoms with van der Waals surface area (Å²) in [7, 11) is -2.88. The number of carbonyl (C=O) groups excluding carboxylic acids is 2. The number of halogens is 3. The molecule has 3 aromatic carbocycles. The van der Waals surface area contributed by atoms with Gasteiger partial charge in [0.2, 0.25) is 11.8 Å². The third-order valence-corrected chi connectivity index (χ3v) is 7.83. The fourth-order valence-electron chi connectivity index (χ4n) is 3.51. The summed E-state index contributed by atoms with van der Waals surface area (Å²) in [5.74, 6) is -1.81. The molecule has 2 amide bonds. The lowest BCUT2D eigenvalue weighted by molar-refractivity contribution is -0.139. The van der Waals surface area contributed by atoms with Gasteiger partial charge >= 0.3 is 0 Å². The molecular formula is C25H24Cl2FN3O4S. The van der Waals surface area contributed by atoms with E-state index in [2.05, 4.69) is 5.32 Å². The molecule has 3 aromatic rings. The molecule has 190 valence electrons. The predicted octanol–water partition coefficient (Wildman–Crippen LogP) is 4.49. The average molecular weight is 552 g/mol. The van der Waals surface area contributed by atoms with Gasteiger partial charge in [0, 0.05) is 24.2 Å². The van der Waals surface area contributed by atoms with E-state index in [1.54, 1.807) is 24.3 Å². The van der Waals surface area contributed by atoms with Crippen molar-refractivity contribution >= 4 is 50.7 Å². The molecule has 3 rings (SSSR count). The molecule has 0 spiro atoms. The van der Waals surface area contributed by atoms with Gasteiger partial charge < -0.3 is 10.2 Å². The molecule has 0 radical (unpaired) electrons. The molecule has 0 fully saturated rings. The van der Waals surface area contributed by atoms with Crippen LogP contribution in [0.2, 0.25) is 10.0 Å². The fourth-order valence-corrected chi connectivity index (χ4v) is 5.39. The number of sulfonamides is 1. The fraction of sp³-hybridized carbons (Fsp3) is 0.200. The summed E-state index contributed by atoms with van der Waals surface area (Å²) in [6.07, 6.45) is 0. The molecule has 1 atom stereocenters. The van der Waals surface area contributed by atoms with Crippen LogP contribution >= 0.6 is 23.2 Å². The number of amides is 2. The van der Waals surface area contributed by atoms with Crippen LogP contribution in [-0.2, 0) is 26.2 Å². The van der Waals surface area contributed by atoms with Crippen LogP contribution in [0.5, 0.6) is 0 Å². The number of hydrogen-bond donors (Lipinski definition) is 1. The van der Waals surface area contributed by atoms with Crippen molar-refractivity contribution in [3.63, 3.8) is 0 Å². The van der Waals surface area contributed by atoms with Crippen molar-refractivity contribution in [1.82, 2.24) is 10.2 Å². The molecule has 7 nitrogen and oxygen atoms in total. The van der Waals surface area contributed by atoms with E-state index >= 15 is 0 Å². The van der Waals surface area contributed by atoms with E-state index in [0.717, 1.165) is 9.21 Å². The average Bonchev–Trinajstić information content (AvgIpc) is 2.87. The molecule has 1 N–H and O–H groups in total. The number of carbonyl (C=O) groups is 2. The van der Waals surface area contributed by atoms with Gasteiger partial charge in [-0.25, -0.2) is 12.8 Å². The van der Waals surface area contributed by atoms with E-state index in [0.29, 0.717) is 0 Å². The molecular weight excluding hydrogens is 528 g/mol. The van der Waals surface area contributed by atoms with Crippen LogP contribution in [0.1, 0.15) is 12.5 Å². The van der Waals surface area contributed by atoms with E-state index in [-0.39, 0.29) is 32.7 Å². The van der Waals surface area contributed by atoms with Crippen LogP contribution in [0.15, 0.2) is 77.7 Å². The van der Waals surface area contributed by atoms with Crippen LogP contribution in [0.4, 0.5) is 10.1 Å². The van der Waals surface area contributed by atoms with E-state index in [1.165, 1.54) is 62.5 Å². The van der Waals surface area contributed by atoms with Gasteiger partial charge in [0.15, 0.2) is 0 Å². The molecule has 0 saturated heterocycles. The van der Waals surface area contributed by atoms with E-state index in [9.17, 15) is 22.4 Å². The van der Waals surface area contributed by atoms with E-state index in [1.807, 2.05) is 0 Å². The summed E-state index contributed by atoms with van der Waals surface area (Å²) >= 11 is 12.5. The first kappa shape index (κ1) is 27.4. The minimum Gasteiger partial charge on any atom is -0.357 e. The van der Waals surface area contributed by atoms with Gasteiger partial charge in [0.25, 0.3) is 10.0 Å². The lowest BCUT2D eigenvalue weighted by atomic mass is 10.1. The quantitative estimate of drug-likeness (QED) is 0.424. The van der Waals surface area contributed by atoms with Crippen molar-refractivity contribution < 1.29 is 22.4 Å². The third kappa shape index (κ3) is 6.16. The predicted molar refractivity (Wildman–Crippen MR) is 138 cm³/mol. The summed E-state index contributed by atoms with van der Waals surface area (Å²) in [6, 6.07) is 16.6. The Morgan fingerprint density at radius 1 is 1.00 bits per heavy atom. The lowest BCUT2D eigenvalue weighted by Crippen LogP contribution is -2.50. The summed E-state index contributed by atoms with van der Waals surface area (Å²) in [5, 5.41) is 2.71. The van der Waals surface area contributed by atoms with Crippen molar-refractivity contribution in [2.45, 2.75) is 24.4 Å². The highest BCUT2D eigenvalue weighted by Gasteiger charge is 2.33. The number of rotatable bonds is 9. The first-order valence-corrected chi connectivity index (χ1v) is 13.0. The Balaban J connectivity index is 2.08. The minimum atomic E-state index is -4.29. The Labute approximate surface area is 219 Å². The zero-order valence-corrected chi connectivity index (χ0v) is 21.8. The van der Waals surface area contributed by atoms with Gasteiger partial charge in [0.1, 0.15) is 18.4 Å². The van der Waals surface area contributed by atoms with Gasteiger partial charge in [-0.3, -0.25) is 13.9 Å². The van der Waals surface area contributed by atoms with Gasteiger partial charge in [-0.1, -0.05) is 59.6 Å². The molecule has 1 unspecified atom stereocenters. The summed E-state index contributed by atoms with van der Waals surface area (Å²) in [6.45, 7) is 0.496. The topological polar surface area (TPSA) is 86.8 Å². The monoisotopic (exact) mass is 551 g/mol. The Hall–Kier alpha value is -3.14. The molecule has 0 aromatic heterocycles. The Kier molecular flexibility index (Phi) is 8.94. The number of nitrogens with one attached hydrogen (secondary N) is 1. The number of anilines is 1. The summed E-state index contributed by atoms with van der Waals surface area (Å²) in [4.78, 5) is 27.1. The maximum atomic E-state index is 14.4. The maximum absolute atomic E-state index is 14.4. The van der Waals surface area contributed by atoms with Gasteiger partial charge in [-0.2, -0.15) is 0 Å². The van der Waals surface area contributed by atoms with Crippen LogP contribution in [0, 0.1) is 5.82 Å². The zero-order chi connectivity index (χ0) is 26.5. The Morgan fingerprint density at radius 3 is 2.28 bits per heavy atom. The van der Waals surface area contributed by atoms with Gasteiger partial charge in [0.05, 0.1) is 15.6 Å². The largest absolute Gasteiger partial charge is 0.357 e. The normalized spacial score (nSPS) is 12.0.